The molecule has 0 aliphatic rings. The molecule has 0 amide bonds. The van der Waals surface area contributed by atoms with Crippen LogP contribution in [0.3, 0.4) is 0 Å². The van der Waals surface area contributed by atoms with Gasteiger partial charge in [-0.15, -0.1) is 0 Å². The minimum absolute atomic E-state index is 0.521. The SMILES string of the molecule is CCCCCCn1cc(CC(C)c2ccccc2)[n+](C)c1Cc1ccccc1. The van der Waals surface area contributed by atoms with E-state index in [1.165, 1.54) is 48.3 Å². The van der Waals surface area contributed by atoms with Crippen LogP contribution in [-0.4, -0.2) is 4.57 Å². The summed E-state index contributed by atoms with van der Waals surface area (Å²) in [4.78, 5) is 0. The van der Waals surface area contributed by atoms with Crippen LogP contribution in [0.2, 0.25) is 0 Å². The van der Waals surface area contributed by atoms with Crippen molar-refractivity contribution in [2.24, 2.45) is 7.05 Å². The van der Waals surface area contributed by atoms with Crippen molar-refractivity contribution in [1.82, 2.24) is 4.57 Å². The first-order chi connectivity index (χ1) is 13.7. The summed E-state index contributed by atoms with van der Waals surface area (Å²) in [5.74, 6) is 1.94. The second kappa shape index (κ2) is 10.3. The highest BCUT2D eigenvalue weighted by Gasteiger charge is 2.22. The van der Waals surface area contributed by atoms with Gasteiger partial charge >= 0.3 is 0 Å². The van der Waals surface area contributed by atoms with Crippen molar-refractivity contribution in [3.63, 3.8) is 0 Å². The molecule has 0 aliphatic heterocycles. The number of benzene rings is 2. The van der Waals surface area contributed by atoms with Gasteiger partial charge in [0.25, 0.3) is 5.82 Å². The third-order valence-electron chi connectivity index (χ3n) is 5.80. The second-order valence-electron chi connectivity index (χ2n) is 8.03. The lowest BCUT2D eigenvalue weighted by molar-refractivity contribution is -0.685. The maximum absolute atomic E-state index is 2.51. The number of imidazole rings is 1. The summed E-state index contributed by atoms with van der Waals surface area (Å²) in [7, 11) is 2.24. The van der Waals surface area contributed by atoms with Crippen LogP contribution >= 0.6 is 0 Å². The van der Waals surface area contributed by atoms with Crippen LogP contribution < -0.4 is 4.57 Å². The van der Waals surface area contributed by atoms with Crippen LogP contribution in [-0.2, 0) is 26.4 Å². The zero-order valence-corrected chi connectivity index (χ0v) is 17.8. The van der Waals surface area contributed by atoms with Crippen LogP contribution in [0.25, 0.3) is 0 Å². The topological polar surface area (TPSA) is 8.81 Å². The molecule has 0 spiro atoms. The first-order valence-corrected chi connectivity index (χ1v) is 10.8. The summed E-state index contributed by atoms with van der Waals surface area (Å²) in [6, 6.07) is 21.7. The average Bonchev–Trinajstić information content (AvgIpc) is 3.01. The van der Waals surface area contributed by atoms with E-state index >= 15 is 0 Å². The molecule has 0 N–H and O–H groups in total. The summed E-state index contributed by atoms with van der Waals surface area (Å²) in [5, 5.41) is 0. The second-order valence-corrected chi connectivity index (χ2v) is 8.03. The van der Waals surface area contributed by atoms with Crippen LogP contribution in [0.15, 0.2) is 66.9 Å². The molecule has 0 bridgehead atoms. The van der Waals surface area contributed by atoms with E-state index in [-0.39, 0.29) is 0 Å². The lowest BCUT2D eigenvalue weighted by Gasteiger charge is -2.10. The van der Waals surface area contributed by atoms with Gasteiger partial charge in [0.1, 0.15) is 11.9 Å². The van der Waals surface area contributed by atoms with Gasteiger partial charge in [-0.2, -0.15) is 0 Å². The molecule has 1 heterocycles. The van der Waals surface area contributed by atoms with E-state index in [0.717, 1.165) is 19.4 Å². The fourth-order valence-electron chi connectivity index (χ4n) is 4.00. The van der Waals surface area contributed by atoms with Crippen LogP contribution in [0.4, 0.5) is 0 Å². The molecule has 2 aromatic carbocycles. The molecular weight excluding hydrogens is 340 g/mol. The van der Waals surface area contributed by atoms with Crippen molar-refractivity contribution in [3.05, 3.63) is 89.5 Å². The molecule has 0 saturated heterocycles. The minimum Gasteiger partial charge on any atom is -0.234 e. The van der Waals surface area contributed by atoms with Crippen LogP contribution in [0, 0.1) is 0 Å². The fraction of sp³-hybridized carbons (Fsp3) is 0.423. The lowest BCUT2D eigenvalue weighted by atomic mass is 9.96. The van der Waals surface area contributed by atoms with E-state index in [2.05, 4.69) is 96.9 Å². The van der Waals surface area contributed by atoms with Crippen molar-refractivity contribution in [1.29, 1.82) is 0 Å². The molecule has 2 nitrogen and oxygen atoms in total. The van der Waals surface area contributed by atoms with E-state index in [9.17, 15) is 0 Å². The summed E-state index contributed by atoms with van der Waals surface area (Å²) in [6.45, 7) is 5.74. The largest absolute Gasteiger partial charge is 0.260 e. The molecular formula is C26H35N2+. The van der Waals surface area contributed by atoms with Gasteiger partial charge in [-0.25, -0.2) is 9.13 Å². The Kier molecular flexibility index (Phi) is 7.47. The number of rotatable bonds is 10. The minimum atomic E-state index is 0.521. The molecule has 0 radical (unpaired) electrons. The van der Waals surface area contributed by atoms with Gasteiger partial charge in [0.05, 0.1) is 20.0 Å². The van der Waals surface area contributed by atoms with Crippen molar-refractivity contribution in [2.75, 3.05) is 0 Å². The lowest BCUT2D eigenvalue weighted by Crippen LogP contribution is -2.37. The molecule has 3 aromatic rings. The number of aryl methyl sites for hydroxylation is 1. The molecule has 148 valence electrons. The van der Waals surface area contributed by atoms with E-state index in [1.54, 1.807) is 0 Å². The van der Waals surface area contributed by atoms with Crippen molar-refractivity contribution >= 4 is 0 Å². The highest BCUT2D eigenvalue weighted by molar-refractivity contribution is 5.21. The Balaban J connectivity index is 1.81. The Hall–Kier alpha value is -2.35. The quantitative estimate of drug-likeness (QED) is 0.311. The highest BCUT2D eigenvalue weighted by Crippen LogP contribution is 2.20. The van der Waals surface area contributed by atoms with Crippen molar-refractivity contribution in [2.45, 2.75) is 64.8 Å². The molecule has 2 heteroatoms. The van der Waals surface area contributed by atoms with Crippen molar-refractivity contribution in [3.8, 4) is 0 Å². The van der Waals surface area contributed by atoms with Gasteiger partial charge < -0.3 is 0 Å². The van der Waals surface area contributed by atoms with Crippen LogP contribution in [0.5, 0.6) is 0 Å². The average molecular weight is 376 g/mol. The highest BCUT2D eigenvalue weighted by atomic mass is 15.1. The van der Waals surface area contributed by atoms with Gasteiger partial charge in [0.15, 0.2) is 0 Å². The third-order valence-corrected chi connectivity index (χ3v) is 5.80. The molecule has 1 unspecified atom stereocenters. The monoisotopic (exact) mass is 375 g/mol. The Morgan fingerprint density at radius 1 is 0.893 bits per heavy atom. The smallest absolute Gasteiger partial charge is 0.234 e. The van der Waals surface area contributed by atoms with E-state index in [4.69, 9.17) is 0 Å². The first kappa shape index (κ1) is 20.4. The molecule has 28 heavy (non-hydrogen) atoms. The standard InChI is InChI=1S/C26H35N2/c1-4-5-6-13-18-28-21-25(19-22(2)24-16-11-8-12-17-24)27(3)26(28)20-23-14-9-7-10-15-23/h7-12,14-17,21-22H,4-6,13,18-20H2,1-3H3/q+1. The Labute approximate surface area is 170 Å². The van der Waals surface area contributed by atoms with Gasteiger partial charge in [-0.3, -0.25) is 0 Å². The fourth-order valence-corrected chi connectivity index (χ4v) is 4.00. The molecule has 0 saturated carbocycles. The Morgan fingerprint density at radius 2 is 1.57 bits per heavy atom. The number of aromatic nitrogens is 2. The number of nitrogens with zero attached hydrogens (tertiary/aromatic N) is 2. The summed E-state index contributed by atoms with van der Waals surface area (Å²) in [5.41, 5.74) is 4.23. The molecule has 0 aliphatic carbocycles. The van der Waals surface area contributed by atoms with Gasteiger partial charge in [-0.1, -0.05) is 87.4 Å². The number of hydrogen-bond acceptors (Lipinski definition) is 0. The summed E-state index contributed by atoms with van der Waals surface area (Å²) >= 11 is 0. The van der Waals surface area contributed by atoms with Gasteiger partial charge in [-0.05, 0) is 29.9 Å². The predicted octanol–water partition coefficient (Wildman–Crippen LogP) is 5.83. The molecule has 1 aromatic heterocycles. The first-order valence-electron chi connectivity index (χ1n) is 10.8. The molecule has 3 rings (SSSR count). The predicted molar refractivity (Wildman–Crippen MR) is 118 cm³/mol. The zero-order valence-electron chi connectivity index (χ0n) is 17.8. The van der Waals surface area contributed by atoms with Gasteiger partial charge in [0.2, 0.25) is 0 Å². The van der Waals surface area contributed by atoms with Crippen molar-refractivity contribution < 1.29 is 4.57 Å². The Bertz CT molecular complexity index is 834. The van der Waals surface area contributed by atoms with E-state index in [0.29, 0.717) is 5.92 Å². The maximum Gasteiger partial charge on any atom is 0.260 e. The normalized spacial score (nSPS) is 12.2. The maximum atomic E-state index is 2.51. The summed E-state index contributed by atoms with van der Waals surface area (Å²) < 4.78 is 4.95. The third kappa shape index (κ3) is 5.34. The Morgan fingerprint density at radius 3 is 2.25 bits per heavy atom. The zero-order chi connectivity index (χ0) is 19.8. The number of hydrogen-bond donors (Lipinski definition) is 0. The number of unbranched alkanes of at least 4 members (excludes halogenated alkanes) is 3. The van der Waals surface area contributed by atoms with Crippen LogP contribution in [0.1, 0.15) is 68.1 Å². The summed E-state index contributed by atoms with van der Waals surface area (Å²) in [6.07, 6.45) is 9.67. The van der Waals surface area contributed by atoms with Gasteiger partial charge in [0, 0.05) is 6.42 Å². The van der Waals surface area contributed by atoms with E-state index in [1.807, 2.05) is 0 Å². The molecule has 1 atom stereocenters. The van der Waals surface area contributed by atoms with E-state index < -0.39 is 0 Å². The molecule has 0 fully saturated rings.